The largest absolute Gasteiger partial charge is 0.491 e. The van der Waals surface area contributed by atoms with Crippen molar-refractivity contribution >= 4 is 21.6 Å². The number of aryl methyl sites for hydroxylation is 3. The molecule has 3 aromatic carbocycles. The molecule has 0 unspecified atom stereocenters. The van der Waals surface area contributed by atoms with Gasteiger partial charge in [0.15, 0.2) is 0 Å². The summed E-state index contributed by atoms with van der Waals surface area (Å²) in [6.07, 6.45) is 0. The fourth-order valence-corrected chi connectivity index (χ4v) is 4.67. The minimum Gasteiger partial charge on any atom is -0.491 e. The van der Waals surface area contributed by atoms with E-state index in [1.807, 2.05) is 39.0 Å². The zero-order valence-corrected chi connectivity index (χ0v) is 19.4. The summed E-state index contributed by atoms with van der Waals surface area (Å²) < 4.78 is 33.4. The van der Waals surface area contributed by atoms with E-state index in [0.29, 0.717) is 5.69 Å². The van der Waals surface area contributed by atoms with Crippen LogP contribution in [0.25, 0.3) is 0 Å². The molecule has 32 heavy (non-hydrogen) atoms. The number of amides is 1. The third-order valence-corrected chi connectivity index (χ3v) is 6.74. The van der Waals surface area contributed by atoms with Crippen LogP contribution < -0.4 is 14.4 Å². The Morgan fingerprint density at radius 1 is 0.906 bits per heavy atom. The van der Waals surface area contributed by atoms with E-state index >= 15 is 0 Å². The number of hydrogen-bond acceptors (Lipinski definition) is 4. The Hall–Kier alpha value is -3.32. The molecule has 0 aliphatic carbocycles. The first kappa shape index (κ1) is 23.3. The Kier molecular flexibility index (Phi) is 7.53. The highest BCUT2D eigenvalue weighted by atomic mass is 32.2. The summed E-state index contributed by atoms with van der Waals surface area (Å²) in [5, 5.41) is 2.75. The van der Waals surface area contributed by atoms with Crippen molar-refractivity contribution in [2.45, 2.75) is 25.7 Å². The highest BCUT2D eigenvalue weighted by molar-refractivity contribution is 7.92. The summed E-state index contributed by atoms with van der Waals surface area (Å²) in [4.78, 5) is 12.7. The number of carbonyl (C=O) groups is 1. The molecule has 0 fully saturated rings. The summed E-state index contributed by atoms with van der Waals surface area (Å²) in [7, 11) is -3.91. The highest BCUT2D eigenvalue weighted by Gasteiger charge is 2.27. The van der Waals surface area contributed by atoms with Gasteiger partial charge in [-0.25, -0.2) is 8.42 Å². The van der Waals surface area contributed by atoms with Gasteiger partial charge in [0.1, 0.15) is 18.9 Å². The van der Waals surface area contributed by atoms with Gasteiger partial charge in [-0.2, -0.15) is 0 Å². The van der Waals surface area contributed by atoms with Crippen LogP contribution in [0.5, 0.6) is 5.75 Å². The molecule has 1 N–H and O–H groups in total. The lowest BCUT2D eigenvalue weighted by Gasteiger charge is -2.24. The average molecular weight is 453 g/mol. The van der Waals surface area contributed by atoms with Gasteiger partial charge in [0.05, 0.1) is 17.1 Å². The van der Waals surface area contributed by atoms with Crippen molar-refractivity contribution in [2.24, 2.45) is 0 Å². The van der Waals surface area contributed by atoms with Gasteiger partial charge in [0.2, 0.25) is 5.91 Å². The Balaban J connectivity index is 1.67. The summed E-state index contributed by atoms with van der Waals surface area (Å²) in [5.41, 5.74) is 3.56. The van der Waals surface area contributed by atoms with Crippen LogP contribution in [0.2, 0.25) is 0 Å². The van der Waals surface area contributed by atoms with E-state index in [1.54, 1.807) is 54.6 Å². The summed E-state index contributed by atoms with van der Waals surface area (Å²) in [6, 6.07) is 21.1. The fraction of sp³-hybridized carbons (Fsp3) is 0.240. The molecule has 0 aliphatic heterocycles. The molecule has 0 radical (unpaired) electrons. The van der Waals surface area contributed by atoms with E-state index < -0.39 is 15.9 Å². The second-order valence-electron chi connectivity index (χ2n) is 7.63. The van der Waals surface area contributed by atoms with Crippen molar-refractivity contribution in [1.29, 1.82) is 0 Å². The van der Waals surface area contributed by atoms with Crippen molar-refractivity contribution in [2.75, 3.05) is 24.0 Å². The molecule has 0 aliphatic rings. The van der Waals surface area contributed by atoms with Gasteiger partial charge in [-0.15, -0.1) is 0 Å². The second kappa shape index (κ2) is 10.3. The van der Waals surface area contributed by atoms with Crippen molar-refractivity contribution in [3.63, 3.8) is 0 Å². The molecule has 0 bridgehead atoms. The molecule has 0 saturated heterocycles. The van der Waals surface area contributed by atoms with Crippen LogP contribution in [0.15, 0.2) is 77.7 Å². The maximum absolute atomic E-state index is 13.3. The molecular weight excluding hydrogens is 424 g/mol. The monoisotopic (exact) mass is 452 g/mol. The van der Waals surface area contributed by atoms with E-state index in [2.05, 4.69) is 5.32 Å². The molecule has 0 atom stereocenters. The first-order chi connectivity index (χ1) is 15.3. The molecular formula is C25H28N2O4S. The first-order valence-corrected chi connectivity index (χ1v) is 11.8. The third-order valence-electron chi connectivity index (χ3n) is 4.95. The zero-order chi connectivity index (χ0) is 23.1. The average Bonchev–Trinajstić information content (AvgIpc) is 2.77. The van der Waals surface area contributed by atoms with Crippen molar-refractivity contribution in [3.05, 3.63) is 89.5 Å². The number of carbonyl (C=O) groups excluding carboxylic acids is 1. The van der Waals surface area contributed by atoms with Gasteiger partial charge in [0, 0.05) is 0 Å². The molecule has 6 nitrogen and oxygen atoms in total. The molecule has 3 rings (SSSR count). The fourth-order valence-electron chi connectivity index (χ4n) is 3.25. The first-order valence-electron chi connectivity index (χ1n) is 10.4. The maximum Gasteiger partial charge on any atom is 0.264 e. The number of nitrogens with zero attached hydrogens (tertiary/aromatic N) is 1. The van der Waals surface area contributed by atoms with Crippen LogP contribution in [0.3, 0.4) is 0 Å². The minimum absolute atomic E-state index is 0.137. The number of hydrogen-bond donors (Lipinski definition) is 1. The molecule has 7 heteroatoms. The molecule has 0 aromatic heterocycles. The van der Waals surface area contributed by atoms with Crippen LogP contribution in [0, 0.1) is 20.8 Å². The summed E-state index contributed by atoms with van der Waals surface area (Å²) >= 11 is 0. The normalized spacial score (nSPS) is 11.1. The zero-order valence-electron chi connectivity index (χ0n) is 18.5. The molecule has 3 aromatic rings. The van der Waals surface area contributed by atoms with Gasteiger partial charge in [0.25, 0.3) is 10.0 Å². The standard InChI is InChI=1S/C25H28N2O4S/c1-19-9-12-23(13-10-19)32(29,30)27(22-7-5-4-6-8-22)18-25(28)26-15-16-31-24-14-11-20(2)17-21(24)3/h4-14,17H,15-16,18H2,1-3H3,(H,26,28). The van der Waals surface area contributed by atoms with Crippen LogP contribution in [0.4, 0.5) is 5.69 Å². The van der Waals surface area contributed by atoms with E-state index in [-0.39, 0.29) is 24.6 Å². The van der Waals surface area contributed by atoms with Gasteiger partial charge in [-0.05, 0) is 56.7 Å². The maximum atomic E-state index is 13.3. The number of nitrogens with one attached hydrogen (secondary N) is 1. The predicted octanol–water partition coefficient (Wildman–Crippen LogP) is 4.00. The van der Waals surface area contributed by atoms with E-state index in [9.17, 15) is 13.2 Å². The number of ether oxygens (including phenoxy) is 1. The number of para-hydroxylation sites is 1. The van der Waals surface area contributed by atoms with E-state index in [0.717, 1.165) is 26.7 Å². The van der Waals surface area contributed by atoms with Crippen molar-refractivity contribution in [1.82, 2.24) is 5.32 Å². The number of anilines is 1. The van der Waals surface area contributed by atoms with Gasteiger partial charge < -0.3 is 10.1 Å². The smallest absolute Gasteiger partial charge is 0.264 e. The van der Waals surface area contributed by atoms with E-state index in [1.165, 1.54) is 0 Å². The Morgan fingerprint density at radius 2 is 1.56 bits per heavy atom. The van der Waals surface area contributed by atoms with Gasteiger partial charge >= 0.3 is 0 Å². The summed E-state index contributed by atoms with van der Waals surface area (Å²) in [5.74, 6) is 0.353. The Morgan fingerprint density at radius 3 is 2.22 bits per heavy atom. The van der Waals surface area contributed by atoms with Gasteiger partial charge in [-0.3, -0.25) is 9.10 Å². The van der Waals surface area contributed by atoms with Crippen molar-refractivity contribution < 1.29 is 17.9 Å². The van der Waals surface area contributed by atoms with Crippen LogP contribution in [0.1, 0.15) is 16.7 Å². The molecule has 0 saturated carbocycles. The number of benzene rings is 3. The lowest BCUT2D eigenvalue weighted by molar-refractivity contribution is -0.119. The Labute approximate surface area is 189 Å². The van der Waals surface area contributed by atoms with Crippen LogP contribution in [-0.2, 0) is 14.8 Å². The number of rotatable bonds is 9. The highest BCUT2D eigenvalue weighted by Crippen LogP contribution is 2.23. The third kappa shape index (κ3) is 5.88. The lowest BCUT2D eigenvalue weighted by Crippen LogP contribution is -2.41. The Bertz CT molecular complexity index is 1160. The topological polar surface area (TPSA) is 75.7 Å². The van der Waals surface area contributed by atoms with Gasteiger partial charge in [-0.1, -0.05) is 53.6 Å². The molecule has 0 heterocycles. The van der Waals surface area contributed by atoms with Crippen molar-refractivity contribution in [3.8, 4) is 5.75 Å². The lowest BCUT2D eigenvalue weighted by atomic mass is 10.1. The SMILES string of the molecule is Cc1ccc(S(=O)(=O)N(CC(=O)NCCOc2ccc(C)cc2C)c2ccccc2)cc1. The predicted molar refractivity (Wildman–Crippen MR) is 127 cm³/mol. The summed E-state index contributed by atoms with van der Waals surface area (Å²) in [6.45, 7) is 6.09. The quantitative estimate of drug-likeness (QED) is 0.498. The molecule has 0 spiro atoms. The van der Waals surface area contributed by atoms with Crippen LogP contribution in [-0.4, -0.2) is 34.0 Å². The molecule has 168 valence electrons. The second-order valence-corrected chi connectivity index (χ2v) is 9.49. The minimum atomic E-state index is -3.91. The number of sulfonamides is 1. The molecule has 1 amide bonds. The van der Waals surface area contributed by atoms with E-state index in [4.69, 9.17) is 4.74 Å². The van der Waals surface area contributed by atoms with Crippen LogP contribution >= 0.6 is 0 Å².